The zero-order chi connectivity index (χ0) is 13.1. The highest BCUT2D eigenvalue weighted by atomic mass is 79.9. The molecular weight excluding hydrogens is 376 g/mol. The normalized spacial score (nSPS) is 18.8. The van der Waals surface area contributed by atoms with E-state index in [1.807, 2.05) is 11.3 Å². The Hall–Kier alpha value is 0.320. The molecule has 2 heterocycles. The summed E-state index contributed by atoms with van der Waals surface area (Å²) in [7, 11) is 0. The Morgan fingerprint density at radius 1 is 1.50 bits per heavy atom. The summed E-state index contributed by atoms with van der Waals surface area (Å²) in [6.45, 7) is 10.6. The van der Waals surface area contributed by atoms with E-state index >= 15 is 0 Å². The van der Waals surface area contributed by atoms with E-state index in [9.17, 15) is 0 Å². The number of rotatable bonds is 4. The fourth-order valence-electron chi connectivity index (χ4n) is 2.26. The van der Waals surface area contributed by atoms with Crippen LogP contribution in [0.1, 0.15) is 24.3 Å². The number of hydrogen-bond acceptors (Lipinski definition) is 3. The Bertz CT molecular complexity index is 405. The first-order valence-electron chi connectivity index (χ1n) is 6.12. The van der Waals surface area contributed by atoms with Crippen molar-refractivity contribution in [3.8, 4) is 0 Å². The molecule has 100 valence electrons. The number of thiophene rings is 1. The van der Waals surface area contributed by atoms with Crippen LogP contribution in [0.5, 0.6) is 0 Å². The van der Waals surface area contributed by atoms with Crippen molar-refractivity contribution in [3.05, 3.63) is 31.4 Å². The topological polar surface area (TPSA) is 15.3 Å². The smallest absolute Gasteiger partial charge is 0.0843 e. The van der Waals surface area contributed by atoms with E-state index in [0.717, 1.165) is 37.1 Å². The summed E-state index contributed by atoms with van der Waals surface area (Å²) in [6.07, 6.45) is 1.04. The molecule has 1 atom stereocenters. The lowest BCUT2D eigenvalue weighted by molar-refractivity contribution is 0.175. The minimum atomic E-state index is 0.470. The summed E-state index contributed by atoms with van der Waals surface area (Å²) in [4.78, 5) is 3.98. The van der Waals surface area contributed by atoms with E-state index in [1.165, 1.54) is 14.2 Å². The summed E-state index contributed by atoms with van der Waals surface area (Å²) >= 11 is 9.00. The van der Waals surface area contributed by atoms with E-state index in [0.29, 0.717) is 6.04 Å². The molecule has 0 aliphatic carbocycles. The third-order valence-corrected chi connectivity index (χ3v) is 6.48. The van der Waals surface area contributed by atoms with Gasteiger partial charge in [-0.25, -0.2) is 0 Å². The van der Waals surface area contributed by atoms with Gasteiger partial charge in [0.1, 0.15) is 0 Å². The van der Waals surface area contributed by atoms with Crippen molar-refractivity contribution in [2.45, 2.75) is 19.4 Å². The van der Waals surface area contributed by atoms with Gasteiger partial charge in [0.25, 0.3) is 0 Å². The fourth-order valence-corrected chi connectivity index (χ4v) is 4.49. The van der Waals surface area contributed by atoms with Gasteiger partial charge >= 0.3 is 0 Å². The minimum absolute atomic E-state index is 0.470. The van der Waals surface area contributed by atoms with Gasteiger partial charge < -0.3 is 5.32 Å². The summed E-state index contributed by atoms with van der Waals surface area (Å²) in [6, 6.07) is 2.71. The van der Waals surface area contributed by atoms with Crippen molar-refractivity contribution in [2.24, 2.45) is 0 Å². The zero-order valence-corrected chi connectivity index (χ0v) is 14.5. The number of piperazine rings is 1. The number of halogens is 2. The predicted molar refractivity (Wildman–Crippen MR) is 86.3 cm³/mol. The van der Waals surface area contributed by atoms with Crippen LogP contribution < -0.4 is 5.32 Å². The molecule has 2 rings (SSSR count). The van der Waals surface area contributed by atoms with Gasteiger partial charge in [0.2, 0.25) is 0 Å². The van der Waals surface area contributed by atoms with Gasteiger partial charge in [-0.2, -0.15) is 0 Å². The summed E-state index contributed by atoms with van der Waals surface area (Å²) in [5, 5.41) is 3.41. The molecule has 0 bridgehead atoms. The summed E-state index contributed by atoms with van der Waals surface area (Å²) in [5.74, 6) is 0. The van der Waals surface area contributed by atoms with Gasteiger partial charge in [-0.05, 0) is 51.3 Å². The average Bonchev–Trinajstić information content (AvgIpc) is 2.67. The quantitative estimate of drug-likeness (QED) is 0.771. The van der Waals surface area contributed by atoms with Crippen molar-refractivity contribution < 1.29 is 0 Å². The Morgan fingerprint density at radius 2 is 2.17 bits per heavy atom. The highest BCUT2D eigenvalue weighted by Gasteiger charge is 2.24. The summed E-state index contributed by atoms with van der Waals surface area (Å²) < 4.78 is 2.34. The van der Waals surface area contributed by atoms with Crippen LogP contribution in [0.3, 0.4) is 0 Å². The molecule has 0 saturated carbocycles. The molecule has 18 heavy (non-hydrogen) atoms. The first-order chi connectivity index (χ1) is 8.58. The van der Waals surface area contributed by atoms with Crippen molar-refractivity contribution in [2.75, 3.05) is 26.2 Å². The highest BCUT2D eigenvalue weighted by Crippen LogP contribution is 2.39. The van der Waals surface area contributed by atoms with E-state index in [4.69, 9.17) is 0 Å². The van der Waals surface area contributed by atoms with Crippen LogP contribution in [0.2, 0.25) is 0 Å². The zero-order valence-electron chi connectivity index (χ0n) is 10.5. The molecule has 1 aliphatic rings. The first-order valence-corrected chi connectivity index (χ1v) is 8.52. The van der Waals surface area contributed by atoms with Gasteiger partial charge in [-0.15, -0.1) is 17.9 Å². The molecule has 1 N–H and O–H groups in total. The fraction of sp³-hybridized carbons (Fsp3) is 0.538. The molecule has 0 aromatic carbocycles. The Kier molecular flexibility index (Phi) is 5.45. The third kappa shape index (κ3) is 3.67. The number of hydrogen-bond donors (Lipinski definition) is 1. The molecule has 1 aromatic heterocycles. The summed E-state index contributed by atoms with van der Waals surface area (Å²) in [5.41, 5.74) is 1.25. The van der Waals surface area contributed by atoms with Crippen LogP contribution in [0.25, 0.3) is 0 Å². The lowest BCUT2D eigenvalue weighted by atomic mass is 10.0. The average molecular weight is 394 g/mol. The lowest BCUT2D eigenvalue weighted by Crippen LogP contribution is -2.45. The second-order valence-corrected chi connectivity index (χ2v) is 7.99. The van der Waals surface area contributed by atoms with Gasteiger partial charge in [0.15, 0.2) is 0 Å². The molecule has 0 radical (unpaired) electrons. The van der Waals surface area contributed by atoms with Crippen LogP contribution in [-0.4, -0.2) is 31.1 Å². The van der Waals surface area contributed by atoms with Gasteiger partial charge in [0.05, 0.1) is 3.79 Å². The van der Waals surface area contributed by atoms with Crippen LogP contribution in [-0.2, 0) is 0 Å². The lowest BCUT2D eigenvalue weighted by Gasteiger charge is -2.34. The van der Waals surface area contributed by atoms with Crippen LogP contribution in [0.4, 0.5) is 0 Å². The SMILES string of the molecule is C=C(C)C[C@H](c1cc(Br)c(Br)s1)N1CCNCC1. The second-order valence-electron chi connectivity index (χ2n) is 4.73. The third-order valence-electron chi connectivity index (χ3n) is 3.13. The van der Waals surface area contributed by atoms with Gasteiger partial charge in [-0.3, -0.25) is 4.90 Å². The van der Waals surface area contributed by atoms with E-state index < -0.39 is 0 Å². The van der Waals surface area contributed by atoms with Crippen molar-refractivity contribution in [3.63, 3.8) is 0 Å². The van der Waals surface area contributed by atoms with Crippen molar-refractivity contribution in [1.82, 2.24) is 10.2 Å². The predicted octanol–water partition coefficient (Wildman–Crippen LogP) is 4.19. The molecule has 1 aliphatic heterocycles. The van der Waals surface area contributed by atoms with E-state index in [2.05, 4.69) is 61.6 Å². The van der Waals surface area contributed by atoms with Crippen LogP contribution in [0, 0.1) is 0 Å². The van der Waals surface area contributed by atoms with Gasteiger partial charge in [0, 0.05) is 41.6 Å². The molecule has 1 saturated heterocycles. The Balaban J connectivity index is 2.20. The van der Waals surface area contributed by atoms with E-state index in [1.54, 1.807) is 0 Å². The molecule has 1 fully saturated rings. The number of nitrogens with zero attached hydrogens (tertiary/aromatic N) is 1. The maximum absolute atomic E-state index is 4.08. The minimum Gasteiger partial charge on any atom is -0.314 e. The van der Waals surface area contributed by atoms with Crippen molar-refractivity contribution >= 4 is 43.2 Å². The number of nitrogens with one attached hydrogen (secondary N) is 1. The first kappa shape index (κ1) is 14.7. The molecule has 0 amide bonds. The molecule has 2 nitrogen and oxygen atoms in total. The Labute approximate surface area is 130 Å². The van der Waals surface area contributed by atoms with Crippen LogP contribution >= 0.6 is 43.2 Å². The monoisotopic (exact) mass is 392 g/mol. The van der Waals surface area contributed by atoms with Crippen molar-refractivity contribution in [1.29, 1.82) is 0 Å². The maximum atomic E-state index is 4.08. The van der Waals surface area contributed by atoms with Gasteiger partial charge in [-0.1, -0.05) is 5.57 Å². The second kappa shape index (κ2) is 6.66. The Morgan fingerprint density at radius 3 is 2.67 bits per heavy atom. The highest BCUT2D eigenvalue weighted by molar-refractivity contribution is 9.13. The largest absolute Gasteiger partial charge is 0.314 e. The molecule has 0 spiro atoms. The van der Waals surface area contributed by atoms with E-state index in [-0.39, 0.29) is 0 Å². The molecular formula is C13H18Br2N2S. The molecule has 0 unspecified atom stereocenters. The molecule has 5 heteroatoms. The van der Waals surface area contributed by atoms with Crippen LogP contribution in [0.15, 0.2) is 26.5 Å². The molecule has 1 aromatic rings. The maximum Gasteiger partial charge on any atom is 0.0843 e. The standard InChI is InChI=1S/C13H18Br2N2S/c1-9(2)7-11(17-5-3-16-4-6-17)12-8-10(14)13(15)18-12/h8,11,16H,1,3-7H2,2H3/t11-/m1/s1.